The molecule has 3 aromatic rings. The van der Waals surface area contributed by atoms with Crippen LogP contribution >= 0.6 is 11.3 Å². The van der Waals surface area contributed by atoms with Crippen LogP contribution in [-0.2, 0) is 19.6 Å². The lowest BCUT2D eigenvalue weighted by molar-refractivity contribution is 0.199. The first-order valence-electron chi connectivity index (χ1n) is 9.16. The average molecular weight is 372 g/mol. The Bertz CT molecular complexity index is 927. The number of fused-ring (bicyclic) bond motifs is 2. The maximum atomic E-state index is 13.4. The Balaban J connectivity index is 1.24. The molecule has 5 rings (SSSR count). The summed E-state index contributed by atoms with van der Waals surface area (Å²) in [5.41, 5.74) is 0.894. The van der Waals surface area contributed by atoms with Crippen LogP contribution in [0.15, 0.2) is 18.2 Å². The van der Waals surface area contributed by atoms with E-state index in [1.807, 2.05) is 0 Å². The monoisotopic (exact) mass is 372 g/mol. The summed E-state index contributed by atoms with van der Waals surface area (Å²) in [4.78, 5) is 7.10. The highest BCUT2D eigenvalue weighted by Gasteiger charge is 2.27. The van der Waals surface area contributed by atoms with Crippen molar-refractivity contribution in [2.24, 2.45) is 0 Å². The van der Waals surface area contributed by atoms with Gasteiger partial charge in [-0.25, -0.2) is 9.37 Å². The molecule has 2 aromatic heterocycles. The summed E-state index contributed by atoms with van der Waals surface area (Å²) in [5.74, 6) is 2.53. The second kappa shape index (κ2) is 6.68. The van der Waals surface area contributed by atoms with E-state index in [1.165, 1.54) is 6.07 Å². The number of hydrogen-bond donors (Lipinski definition) is 1. The zero-order chi connectivity index (χ0) is 17.5. The third kappa shape index (κ3) is 3.02. The summed E-state index contributed by atoms with van der Waals surface area (Å²) in [6, 6.07) is 4.82. The molecule has 0 aliphatic carbocycles. The number of benzene rings is 1. The molecule has 2 aliphatic heterocycles. The summed E-state index contributed by atoms with van der Waals surface area (Å²) in [6.45, 7) is 5.71. The maximum Gasteiger partial charge on any atom is 0.147 e. The number of likely N-dealkylation sites (tertiary alicyclic amines) is 1. The molecular weight excluding hydrogens is 351 g/mol. The molecule has 8 heteroatoms. The maximum absolute atomic E-state index is 13.4. The Kier molecular flexibility index (Phi) is 4.18. The fourth-order valence-corrected chi connectivity index (χ4v) is 5.01. The predicted octanol–water partition coefficient (Wildman–Crippen LogP) is 2.51. The highest BCUT2D eigenvalue weighted by molar-refractivity contribution is 7.18. The van der Waals surface area contributed by atoms with E-state index in [2.05, 4.69) is 30.0 Å². The van der Waals surface area contributed by atoms with E-state index in [1.54, 1.807) is 23.5 Å². The predicted molar refractivity (Wildman–Crippen MR) is 98.6 cm³/mol. The number of nitrogens with one attached hydrogen (secondary N) is 1. The SMILES string of the molecule is Fc1ccc2nc(CN3CCC(c4nnc5n4CCNC5)CC3)sc2c1. The Morgan fingerprint density at radius 2 is 2.08 bits per heavy atom. The van der Waals surface area contributed by atoms with E-state index in [0.717, 1.165) is 79.0 Å². The zero-order valence-corrected chi connectivity index (χ0v) is 15.3. The van der Waals surface area contributed by atoms with Crippen molar-refractivity contribution in [1.29, 1.82) is 0 Å². The van der Waals surface area contributed by atoms with Gasteiger partial charge in [0, 0.05) is 19.0 Å². The lowest BCUT2D eigenvalue weighted by atomic mass is 9.96. The molecule has 1 saturated heterocycles. The molecule has 0 unspecified atom stereocenters. The largest absolute Gasteiger partial charge is 0.312 e. The highest BCUT2D eigenvalue weighted by atomic mass is 32.1. The Morgan fingerprint density at radius 3 is 2.96 bits per heavy atom. The molecule has 0 atom stereocenters. The van der Waals surface area contributed by atoms with Crippen LogP contribution in [0.25, 0.3) is 10.2 Å². The van der Waals surface area contributed by atoms with E-state index in [4.69, 9.17) is 0 Å². The van der Waals surface area contributed by atoms with Crippen LogP contribution in [0.3, 0.4) is 0 Å². The summed E-state index contributed by atoms with van der Waals surface area (Å²) >= 11 is 1.60. The second-order valence-corrected chi connectivity index (χ2v) is 8.19. The minimum atomic E-state index is -0.194. The van der Waals surface area contributed by atoms with Gasteiger partial charge >= 0.3 is 0 Å². The number of piperidine rings is 1. The van der Waals surface area contributed by atoms with E-state index in [-0.39, 0.29) is 5.82 Å². The number of halogens is 1. The second-order valence-electron chi connectivity index (χ2n) is 7.07. The number of nitrogens with zero attached hydrogens (tertiary/aromatic N) is 5. The summed E-state index contributed by atoms with van der Waals surface area (Å²) in [6.07, 6.45) is 2.20. The van der Waals surface area contributed by atoms with E-state index >= 15 is 0 Å². The van der Waals surface area contributed by atoms with Crippen LogP contribution < -0.4 is 5.32 Å². The van der Waals surface area contributed by atoms with Crippen molar-refractivity contribution in [3.63, 3.8) is 0 Å². The van der Waals surface area contributed by atoms with Gasteiger partial charge in [0.05, 0.1) is 23.3 Å². The fraction of sp³-hybridized carbons (Fsp3) is 0.500. The van der Waals surface area contributed by atoms with Crippen LogP contribution in [0.5, 0.6) is 0 Å². The molecule has 6 nitrogen and oxygen atoms in total. The van der Waals surface area contributed by atoms with Gasteiger partial charge in [-0.15, -0.1) is 21.5 Å². The fourth-order valence-electron chi connectivity index (χ4n) is 3.97. The van der Waals surface area contributed by atoms with Crippen molar-refractivity contribution in [2.45, 2.75) is 38.4 Å². The lowest BCUT2D eigenvalue weighted by Gasteiger charge is -2.31. The molecule has 0 saturated carbocycles. The zero-order valence-electron chi connectivity index (χ0n) is 14.5. The van der Waals surface area contributed by atoms with E-state index in [0.29, 0.717) is 5.92 Å². The van der Waals surface area contributed by atoms with E-state index < -0.39 is 0 Å². The van der Waals surface area contributed by atoms with Crippen LogP contribution in [0.2, 0.25) is 0 Å². The Labute approximate surface area is 155 Å². The van der Waals surface area contributed by atoms with Gasteiger partial charge in [-0.05, 0) is 44.1 Å². The normalized spacial score (nSPS) is 19.1. The summed E-state index contributed by atoms with van der Waals surface area (Å²) < 4.78 is 16.6. The van der Waals surface area contributed by atoms with Gasteiger partial charge in [0.1, 0.15) is 22.5 Å². The van der Waals surface area contributed by atoms with Gasteiger partial charge in [0.2, 0.25) is 0 Å². The van der Waals surface area contributed by atoms with Crippen LogP contribution in [0.1, 0.15) is 35.4 Å². The molecule has 1 aromatic carbocycles. The minimum Gasteiger partial charge on any atom is -0.312 e. The molecule has 2 aliphatic rings. The minimum absolute atomic E-state index is 0.194. The topological polar surface area (TPSA) is 58.9 Å². The molecule has 136 valence electrons. The first kappa shape index (κ1) is 16.3. The Hall–Kier alpha value is -1.90. The number of rotatable bonds is 3. The first-order chi connectivity index (χ1) is 12.8. The van der Waals surface area contributed by atoms with Crippen molar-refractivity contribution in [1.82, 2.24) is 30.0 Å². The molecular formula is C18H21FN6S. The number of hydrogen-bond acceptors (Lipinski definition) is 6. The van der Waals surface area contributed by atoms with Crippen LogP contribution in [0, 0.1) is 5.82 Å². The Morgan fingerprint density at radius 1 is 1.19 bits per heavy atom. The quantitative estimate of drug-likeness (QED) is 0.766. The first-order valence-corrected chi connectivity index (χ1v) is 9.98. The third-order valence-electron chi connectivity index (χ3n) is 5.36. The van der Waals surface area contributed by atoms with Crippen molar-refractivity contribution in [2.75, 3.05) is 19.6 Å². The molecule has 26 heavy (non-hydrogen) atoms. The van der Waals surface area contributed by atoms with Gasteiger partial charge < -0.3 is 9.88 Å². The summed E-state index contributed by atoms with van der Waals surface area (Å²) in [7, 11) is 0. The third-order valence-corrected chi connectivity index (χ3v) is 6.36. The van der Waals surface area contributed by atoms with Crippen LogP contribution in [-0.4, -0.2) is 44.3 Å². The molecule has 1 N–H and O–H groups in total. The summed E-state index contributed by atoms with van der Waals surface area (Å²) in [5, 5.41) is 13.2. The van der Waals surface area contributed by atoms with Crippen LogP contribution in [0.4, 0.5) is 4.39 Å². The molecule has 0 spiro atoms. The molecule has 4 heterocycles. The molecule has 0 amide bonds. The number of thiazole rings is 1. The van der Waals surface area contributed by atoms with Gasteiger partial charge in [-0.2, -0.15) is 0 Å². The van der Waals surface area contributed by atoms with Gasteiger partial charge in [0.25, 0.3) is 0 Å². The highest BCUT2D eigenvalue weighted by Crippen LogP contribution is 2.30. The lowest BCUT2D eigenvalue weighted by Crippen LogP contribution is -2.34. The van der Waals surface area contributed by atoms with Gasteiger partial charge in [0.15, 0.2) is 0 Å². The average Bonchev–Trinajstić information content (AvgIpc) is 3.25. The van der Waals surface area contributed by atoms with E-state index in [9.17, 15) is 4.39 Å². The van der Waals surface area contributed by atoms with Crippen molar-refractivity contribution >= 4 is 21.6 Å². The molecule has 0 radical (unpaired) electrons. The van der Waals surface area contributed by atoms with Crippen molar-refractivity contribution in [3.8, 4) is 0 Å². The molecule has 1 fully saturated rings. The van der Waals surface area contributed by atoms with Crippen molar-refractivity contribution in [3.05, 3.63) is 40.7 Å². The van der Waals surface area contributed by atoms with Gasteiger partial charge in [-0.1, -0.05) is 0 Å². The number of aromatic nitrogens is 4. The van der Waals surface area contributed by atoms with Gasteiger partial charge in [-0.3, -0.25) is 4.90 Å². The smallest absolute Gasteiger partial charge is 0.147 e. The standard InChI is InChI=1S/C18H21FN6S/c19-13-1-2-14-15(9-13)26-17(21-14)11-24-6-3-12(4-7-24)18-23-22-16-10-20-5-8-25(16)18/h1-2,9,12,20H,3-8,10-11H2. The molecule has 0 bridgehead atoms. The van der Waals surface area contributed by atoms with Crippen molar-refractivity contribution < 1.29 is 4.39 Å².